The summed E-state index contributed by atoms with van der Waals surface area (Å²) in [7, 11) is 0. The first-order chi connectivity index (χ1) is 29.8. The van der Waals surface area contributed by atoms with Gasteiger partial charge in [0.2, 0.25) is 0 Å². The fraction of sp³-hybridized carbons (Fsp3) is 0.0169. The molecule has 0 atom stereocenters. The van der Waals surface area contributed by atoms with Gasteiger partial charge >= 0.3 is 0 Å². The van der Waals surface area contributed by atoms with Gasteiger partial charge in [-0.05, 0) is 106 Å². The lowest BCUT2D eigenvalue weighted by molar-refractivity contribution is 0.669. The molecule has 0 saturated heterocycles. The van der Waals surface area contributed by atoms with E-state index in [1.807, 2.05) is 0 Å². The van der Waals surface area contributed by atoms with Gasteiger partial charge in [-0.3, -0.25) is 0 Å². The zero-order chi connectivity index (χ0) is 39.4. The lowest BCUT2D eigenvalue weighted by Crippen LogP contribution is -2.31. The number of benzene rings is 11. The third kappa shape index (κ3) is 4.47. The molecule has 1 heterocycles. The molecule has 0 N–H and O–H groups in total. The van der Waals surface area contributed by atoms with Crippen molar-refractivity contribution >= 4 is 65.0 Å². The maximum Gasteiger partial charge on any atom is 0.143 e. The quantitative estimate of drug-likeness (QED) is 0.163. The van der Waals surface area contributed by atoms with Gasteiger partial charge in [0, 0.05) is 21.9 Å². The Balaban J connectivity index is 1.26. The van der Waals surface area contributed by atoms with E-state index in [1.165, 1.54) is 87.6 Å². The summed E-state index contributed by atoms with van der Waals surface area (Å²) in [5.41, 5.74) is 13.0. The normalized spacial score (nSPS) is 13.1. The molecule has 278 valence electrons. The SMILES string of the molecule is c1ccc(C2(c3ccccc3)c3ccccc3-c3ccc(-c4cc5ccccc5c5ccccc45)c4oc5c(-c6cc7ccccc7c7ccccc67)ccc2c5c34)cc1. The van der Waals surface area contributed by atoms with Crippen molar-refractivity contribution in [1.82, 2.24) is 0 Å². The third-order valence-corrected chi connectivity index (χ3v) is 13.3. The van der Waals surface area contributed by atoms with Gasteiger partial charge in [-0.2, -0.15) is 0 Å². The average molecular weight is 761 g/mol. The molecule has 0 unspecified atom stereocenters. The van der Waals surface area contributed by atoms with Crippen molar-refractivity contribution in [2.75, 3.05) is 0 Å². The second-order valence-corrected chi connectivity index (χ2v) is 16.2. The summed E-state index contributed by atoms with van der Waals surface area (Å²) in [4.78, 5) is 0. The van der Waals surface area contributed by atoms with E-state index in [9.17, 15) is 0 Å². The molecule has 1 heteroatoms. The molecule has 13 rings (SSSR count). The minimum atomic E-state index is -0.660. The molecule has 0 fully saturated rings. The molecule has 60 heavy (non-hydrogen) atoms. The van der Waals surface area contributed by atoms with Crippen molar-refractivity contribution in [2.24, 2.45) is 0 Å². The first-order valence-electron chi connectivity index (χ1n) is 20.8. The van der Waals surface area contributed by atoms with Gasteiger partial charge in [-0.1, -0.05) is 200 Å². The molecule has 0 radical (unpaired) electrons. The first kappa shape index (κ1) is 33.3. The number of hydrogen-bond donors (Lipinski definition) is 0. The van der Waals surface area contributed by atoms with Gasteiger partial charge in [-0.25, -0.2) is 0 Å². The molecule has 1 aromatic heterocycles. The van der Waals surface area contributed by atoms with Gasteiger partial charge in [0.1, 0.15) is 11.2 Å². The Kier molecular flexibility index (Phi) is 7.00. The second kappa shape index (κ2) is 12.6. The molecule has 0 aliphatic heterocycles. The van der Waals surface area contributed by atoms with E-state index >= 15 is 0 Å². The van der Waals surface area contributed by atoms with Crippen LogP contribution < -0.4 is 0 Å². The Hall–Kier alpha value is -7.74. The van der Waals surface area contributed by atoms with Crippen LogP contribution in [0.15, 0.2) is 223 Å². The zero-order valence-corrected chi connectivity index (χ0v) is 32.7. The Morgan fingerprint density at radius 1 is 0.267 bits per heavy atom. The highest BCUT2D eigenvalue weighted by atomic mass is 16.3. The van der Waals surface area contributed by atoms with Crippen LogP contribution in [-0.2, 0) is 5.41 Å². The summed E-state index contributed by atoms with van der Waals surface area (Å²) in [5.74, 6) is 0. The van der Waals surface area contributed by atoms with Gasteiger partial charge in [0.15, 0.2) is 0 Å². The molecular weight excluding hydrogens is 725 g/mol. The van der Waals surface area contributed by atoms with Gasteiger partial charge in [0.25, 0.3) is 0 Å². The van der Waals surface area contributed by atoms with Crippen LogP contribution in [0.25, 0.3) is 98.4 Å². The minimum absolute atomic E-state index is 0.660. The van der Waals surface area contributed by atoms with Crippen LogP contribution in [0.3, 0.4) is 0 Å². The third-order valence-electron chi connectivity index (χ3n) is 13.3. The van der Waals surface area contributed by atoms with Gasteiger partial charge in [0.05, 0.1) is 5.41 Å². The van der Waals surface area contributed by atoms with Crippen LogP contribution in [0.4, 0.5) is 0 Å². The molecule has 0 saturated carbocycles. The Labute approximate surface area is 347 Å². The first-order valence-corrected chi connectivity index (χ1v) is 20.8. The van der Waals surface area contributed by atoms with Crippen molar-refractivity contribution in [3.63, 3.8) is 0 Å². The molecule has 0 bridgehead atoms. The van der Waals surface area contributed by atoms with Crippen LogP contribution in [0.2, 0.25) is 0 Å². The fourth-order valence-corrected chi connectivity index (χ4v) is 10.8. The Morgan fingerprint density at radius 2 is 0.700 bits per heavy atom. The second-order valence-electron chi connectivity index (χ2n) is 16.2. The van der Waals surface area contributed by atoms with E-state index in [0.717, 1.165) is 33.1 Å². The lowest BCUT2D eigenvalue weighted by atomic mass is 9.63. The monoisotopic (exact) mass is 760 g/mol. The maximum atomic E-state index is 7.68. The number of furan rings is 1. The van der Waals surface area contributed by atoms with Crippen molar-refractivity contribution in [3.8, 4) is 33.4 Å². The highest BCUT2D eigenvalue weighted by molar-refractivity contribution is 6.25. The largest absolute Gasteiger partial charge is 0.455 e. The predicted molar refractivity (Wildman–Crippen MR) is 252 cm³/mol. The number of fused-ring (bicyclic) bond motifs is 8. The van der Waals surface area contributed by atoms with Crippen molar-refractivity contribution < 1.29 is 4.42 Å². The molecule has 1 aliphatic carbocycles. The highest BCUT2D eigenvalue weighted by Gasteiger charge is 2.44. The van der Waals surface area contributed by atoms with Crippen LogP contribution in [-0.4, -0.2) is 0 Å². The van der Waals surface area contributed by atoms with Crippen molar-refractivity contribution in [3.05, 3.63) is 241 Å². The van der Waals surface area contributed by atoms with Crippen LogP contribution in [0.1, 0.15) is 22.3 Å². The topological polar surface area (TPSA) is 13.1 Å². The van der Waals surface area contributed by atoms with E-state index in [4.69, 9.17) is 4.42 Å². The maximum absolute atomic E-state index is 7.68. The highest BCUT2D eigenvalue weighted by Crippen LogP contribution is 2.58. The van der Waals surface area contributed by atoms with Crippen LogP contribution >= 0.6 is 0 Å². The summed E-state index contributed by atoms with van der Waals surface area (Å²) in [6, 6.07) is 80.6. The molecule has 1 aliphatic rings. The summed E-state index contributed by atoms with van der Waals surface area (Å²) in [6.45, 7) is 0. The Morgan fingerprint density at radius 3 is 1.28 bits per heavy atom. The smallest absolute Gasteiger partial charge is 0.143 e. The average Bonchev–Trinajstić information content (AvgIpc) is 3.68. The summed E-state index contributed by atoms with van der Waals surface area (Å²) in [6.07, 6.45) is 0. The standard InChI is InChI=1S/C59H36O/c1-3-19-39(20-4-1)59(40-21-5-2-6-22-40)53-30-16-15-29-47(53)48-31-32-49(51-35-37-17-7-9-23-41(37)43-25-11-13-27-45(43)51)57-55(48)56-54(59)34-33-50(58(56)60-57)52-36-38-18-8-10-24-42(38)44-26-12-14-28-46(44)52/h1-36H. The molecule has 0 amide bonds. The van der Waals surface area contributed by atoms with E-state index in [-0.39, 0.29) is 0 Å². The number of rotatable bonds is 4. The minimum Gasteiger partial charge on any atom is -0.455 e. The molecule has 0 spiro atoms. The molecule has 12 aromatic rings. The molecular formula is C59H36O. The summed E-state index contributed by atoms with van der Waals surface area (Å²) >= 11 is 0. The Bertz CT molecular complexity index is 3660. The molecule has 1 nitrogen and oxygen atoms in total. The van der Waals surface area contributed by atoms with Gasteiger partial charge < -0.3 is 4.42 Å². The van der Waals surface area contributed by atoms with Crippen LogP contribution in [0, 0.1) is 0 Å². The summed E-state index contributed by atoms with van der Waals surface area (Å²) < 4.78 is 7.68. The van der Waals surface area contributed by atoms with Crippen molar-refractivity contribution in [2.45, 2.75) is 5.41 Å². The van der Waals surface area contributed by atoms with E-state index in [0.29, 0.717) is 0 Å². The zero-order valence-electron chi connectivity index (χ0n) is 32.7. The van der Waals surface area contributed by atoms with E-state index < -0.39 is 5.41 Å². The van der Waals surface area contributed by atoms with E-state index in [2.05, 4.69) is 218 Å². The van der Waals surface area contributed by atoms with Gasteiger partial charge in [-0.15, -0.1) is 0 Å². The lowest BCUT2D eigenvalue weighted by Gasteiger charge is -2.38. The molecule has 11 aromatic carbocycles. The fourth-order valence-electron chi connectivity index (χ4n) is 10.8. The summed E-state index contributed by atoms with van der Waals surface area (Å²) in [5, 5.41) is 12.1. The van der Waals surface area contributed by atoms with E-state index in [1.54, 1.807) is 0 Å². The van der Waals surface area contributed by atoms with Crippen LogP contribution in [0.5, 0.6) is 0 Å². The van der Waals surface area contributed by atoms with Crippen molar-refractivity contribution in [1.29, 1.82) is 0 Å². The predicted octanol–water partition coefficient (Wildman–Crippen LogP) is 15.9. The number of hydrogen-bond acceptors (Lipinski definition) is 1.